The maximum atomic E-state index is 8.58. The Bertz CT molecular complexity index is 60.0. The maximum Gasteiger partial charge on any atom is 5.00 e. The van der Waals surface area contributed by atoms with E-state index in [-0.39, 0.29) is 62.3 Å². The molecule has 0 aromatic heterocycles. The Morgan fingerprint density at radius 2 is 0.500 bits per heavy atom. The van der Waals surface area contributed by atoms with Gasteiger partial charge in [0.1, 0.15) is 0 Å². The molecule has 12 heteroatoms. The molecule has 0 amide bonds. The SMILES string of the molecule is [Gd+3].[O-][Si]([O-])([O-])[O-].[O-][Si]([O-])([O-])[O-].[Ta+5]. The van der Waals surface area contributed by atoms with E-state index in [1.165, 1.54) is 0 Å². The Hall–Kier alpha value is 2.18. The van der Waals surface area contributed by atoms with Gasteiger partial charge in [-0.25, -0.2) is 0 Å². The third-order valence-corrected chi connectivity index (χ3v) is 0. The first-order chi connectivity index (χ1) is 4.00. The Kier molecular flexibility index (Phi) is 19.3. The minimum absolute atomic E-state index is 0. The third kappa shape index (κ3) is 321. The van der Waals surface area contributed by atoms with Crippen LogP contribution in [0.3, 0.4) is 0 Å². The van der Waals surface area contributed by atoms with Gasteiger partial charge in [0.15, 0.2) is 0 Å². The summed E-state index contributed by atoms with van der Waals surface area (Å²) in [6.07, 6.45) is 0. The molecule has 0 saturated carbocycles. The van der Waals surface area contributed by atoms with Gasteiger partial charge >= 0.3 is 62.3 Å². The van der Waals surface area contributed by atoms with Gasteiger partial charge in [0, 0.05) is 0 Å². The molecule has 0 N–H and O–H groups in total. The molecule has 0 aromatic carbocycles. The van der Waals surface area contributed by atoms with Gasteiger partial charge in [0.2, 0.25) is 0 Å². The molecule has 0 fully saturated rings. The van der Waals surface area contributed by atoms with Crippen LogP contribution < -0.4 is 38.4 Å². The van der Waals surface area contributed by atoms with Gasteiger partial charge in [-0.15, -0.1) is 0 Å². The molecule has 8 nitrogen and oxygen atoms in total. The summed E-state index contributed by atoms with van der Waals surface area (Å²) in [4.78, 5) is 68.6. The van der Waals surface area contributed by atoms with Gasteiger partial charge in [-0.05, 0) is 0 Å². The van der Waals surface area contributed by atoms with Crippen molar-refractivity contribution in [1.29, 1.82) is 0 Å². The zero-order chi connectivity index (χ0) is 9.00. The van der Waals surface area contributed by atoms with E-state index in [1.54, 1.807) is 0 Å². The summed E-state index contributed by atoms with van der Waals surface area (Å²) in [5.41, 5.74) is 0. The Morgan fingerprint density at radius 3 is 0.500 bits per heavy atom. The molecule has 0 spiro atoms. The van der Waals surface area contributed by atoms with Crippen LogP contribution in [-0.4, -0.2) is 18.1 Å². The van der Waals surface area contributed by atoms with Crippen molar-refractivity contribution in [3.63, 3.8) is 0 Å². The summed E-state index contributed by atoms with van der Waals surface area (Å²) in [7, 11) is -11.2. The molecular formula is GdO8Si2Ta. The van der Waals surface area contributed by atoms with Crippen molar-refractivity contribution < 1.29 is 101 Å². The first-order valence-corrected chi connectivity index (χ1v) is 4.90. The fourth-order valence-electron chi connectivity index (χ4n) is 0. The van der Waals surface area contributed by atoms with Crippen molar-refractivity contribution in [1.82, 2.24) is 0 Å². The van der Waals surface area contributed by atoms with E-state index in [1.807, 2.05) is 0 Å². The molecule has 0 aromatic rings. The second kappa shape index (κ2) is 9.72. The van der Waals surface area contributed by atoms with Crippen LogP contribution in [-0.2, 0) is 22.4 Å². The van der Waals surface area contributed by atoms with Gasteiger partial charge in [0.05, 0.1) is 0 Å². The van der Waals surface area contributed by atoms with E-state index in [9.17, 15) is 0 Å². The van der Waals surface area contributed by atoms with Crippen LogP contribution in [0.4, 0.5) is 0 Å². The Labute approximate surface area is 117 Å². The van der Waals surface area contributed by atoms with Gasteiger partial charge in [0.25, 0.3) is 0 Å². The zero-order valence-electron chi connectivity index (χ0n) is 5.07. The molecule has 0 aliphatic carbocycles. The van der Waals surface area contributed by atoms with Crippen molar-refractivity contribution in [2.75, 3.05) is 0 Å². The summed E-state index contributed by atoms with van der Waals surface area (Å²) in [5.74, 6) is 0. The molecule has 0 atom stereocenters. The minimum atomic E-state index is -5.61. The van der Waals surface area contributed by atoms with Crippen LogP contribution >= 0.6 is 0 Å². The van der Waals surface area contributed by atoms with Gasteiger partial charge < -0.3 is 56.5 Å². The summed E-state index contributed by atoms with van der Waals surface area (Å²) in [6.45, 7) is 0. The molecule has 0 saturated heterocycles. The predicted molar refractivity (Wildman–Crippen MR) is 11.5 cm³/mol. The Morgan fingerprint density at radius 1 is 0.500 bits per heavy atom. The van der Waals surface area contributed by atoms with E-state index in [4.69, 9.17) is 38.4 Å². The second-order valence-electron chi connectivity index (χ2n) is 1.00. The van der Waals surface area contributed by atoms with E-state index < -0.39 is 18.1 Å². The third-order valence-electron chi connectivity index (χ3n) is 0. The fourth-order valence-corrected chi connectivity index (χ4v) is 0. The molecular weight excluding hydrogens is 522 g/mol. The van der Waals surface area contributed by atoms with Crippen molar-refractivity contribution in [2.45, 2.75) is 0 Å². The standard InChI is InChI=1S/Gd.2O4Si.Ta/c;2*1-5(2,3)4;/q+3;2*-4;+5. The summed E-state index contributed by atoms with van der Waals surface area (Å²) < 4.78 is 0. The molecule has 0 bridgehead atoms. The largest absolute Gasteiger partial charge is 5.00 e. The summed E-state index contributed by atoms with van der Waals surface area (Å²) in [6, 6.07) is 0. The number of rotatable bonds is 0. The molecule has 69 valence electrons. The van der Waals surface area contributed by atoms with Crippen LogP contribution in [0.15, 0.2) is 0 Å². The fraction of sp³-hybridized carbons (Fsp3) is 0. The summed E-state index contributed by atoms with van der Waals surface area (Å²) in [5, 5.41) is 0. The van der Waals surface area contributed by atoms with Gasteiger partial charge in [-0.3, -0.25) is 0 Å². The maximum absolute atomic E-state index is 8.58. The van der Waals surface area contributed by atoms with Crippen LogP contribution in [0.25, 0.3) is 0 Å². The van der Waals surface area contributed by atoms with E-state index in [0.717, 1.165) is 0 Å². The van der Waals surface area contributed by atoms with Gasteiger partial charge in [-0.1, -0.05) is 0 Å². The van der Waals surface area contributed by atoms with Crippen molar-refractivity contribution in [3.8, 4) is 0 Å². The van der Waals surface area contributed by atoms with Gasteiger partial charge in [-0.2, -0.15) is 0 Å². The monoisotopic (exact) mass is 523 g/mol. The predicted octanol–water partition coefficient (Wildman–Crippen LogP) is -10.3. The first-order valence-electron chi connectivity index (χ1n) is 1.63. The normalized spacial score (nSPS) is 10.0. The second-order valence-corrected chi connectivity index (χ2v) is 3.00. The van der Waals surface area contributed by atoms with E-state index in [2.05, 4.69) is 0 Å². The first kappa shape index (κ1) is 23.8. The Balaban J connectivity index is -0.0000000457. The minimum Gasteiger partial charge on any atom is -0.894 e. The number of hydrogen-bond acceptors (Lipinski definition) is 8. The molecule has 0 aliphatic heterocycles. The van der Waals surface area contributed by atoms with Crippen LogP contribution in [0.1, 0.15) is 0 Å². The summed E-state index contributed by atoms with van der Waals surface area (Å²) >= 11 is 0. The van der Waals surface area contributed by atoms with E-state index >= 15 is 0 Å². The molecule has 12 heavy (non-hydrogen) atoms. The van der Waals surface area contributed by atoms with Crippen molar-refractivity contribution >= 4 is 18.1 Å². The van der Waals surface area contributed by atoms with E-state index in [0.29, 0.717) is 0 Å². The average molecular weight is 522 g/mol. The van der Waals surface area contributed by atoms with Crippen molar-refractivity contribution in [3.05, 3.63) is 0 Å². The molecule has 0 aliphatic rings. The van der Waals surface area contributed by atoms with Crippen LogP contribution in [0, 0.1) is 39.9 Å². The average Bonchev–Trinajstić information content (AvgIpc) is 1.12. The topological polar surface area (TPSA) is 184 Å². The smallest absolute Gasteiger partial charge is 0.894 e. The van der Waals surface area contributed by atoms with Crippen LogP contribution in [0.5, 0.6) is 0 Å². The van der Waals surface area contributed by atoms with Crippen molar-refractivity contribution in [2.24, 2.45) is 0 Å². The molecule has 0 unspecified atom stereocenters. The zero-order valence-corrected chi connectivity index (χ0v) is 12.5. The molecule has 0 rings (SSSR count). The van der Waals surface area contributed by atoms with Crippen LogP contribution in [0.2, 0.25) is 0 Å². The quantitative estimate of drug-likeness (QED) is 0.281. The molecule has 1 radical (unpaired) electrons. The number of hydrogen-bond donors (Lipinski definition) is 0. The molecule has 0 heterocycles.